The lowest BCUT2D eigenvalue weighted by atomic mass is 10.1. The summed E-state index contributed by atoms with van der Waals surface area (Å²) >= 11 is 5.70. The maximum absolute atomic E-state index is 13.1. The van der Waals surface area contributed by atoms with E-state index in [0.29, 0.717) is 10.7 Å². The lowest BCUT2D eigenvalue weighted by Crippen LogP contribution is -2.14. The molecule has 0 aliphatic rings. The van der Waals surface area contributed by atoms with Crippen LogP contribution in [0.25, 0.3) is 0 Å². The van der Waals surface area contributed by atoms with Gasteiger partial charge in [0.25, 0.3) is 5.91 Å². The van der Waals surface area contributed by atoms with E-state index in [1.807, 2.05) is 0 Å². The third-order valence-electron chi connectivity index (χ3n) is 2.44. The van der Waals surface area contributed by atoms with Crippen LogP contribution in [0.3, 0.4) is 0 Å². The summed E-state index contributed by atoms with van der Waals surface area (Å²) in [6, 6.07) is 7.87. The second kappa shape index (κ2) is 5.24. The maximum atomic E-state index is 13.1. The topological polar surface area (TPSA) is 55.1 Å². The molecule has 0 spiro atoms. The van der Waals surface area contributed by atoms with Crippen LogP contribution in [0.2, 0.25) is 5.02 Å². The fourth-order valence-electron chi connectivity index (χ4n) is 1.49. The molecule has 0 saturated carbocycles. The summed E-state index contributed by atoms with van der Waals surface area (Å²) in [5.41, 5.74) is 5.69. The molecule has 2 aromatic rings. The molecule has 2 aromatic carbocycles. The van der Waals surface area contributed by atoms with Crippen molar-refractivity contribution in [2.45, 2.75) is 0 Å². The van der Waals surface area contributed by atoms with E-state index in [0.717, 1.165) is 12.1 Å². The molecule has 0 aliphatic carbocycles. The molecule has 0 heterocycles. The normalized spacial score (nSPS) is 10.3. The van der Waals surface area contributed by atoms with Gasteiger partial charge in [-0.15, -0.1) is 0 Å². The molecule has 1 amide bonds. The van der Waals surface area contributed by atoms with Gasteiger partial charge in [0.1, 0.15) is 0 Å². The van der Waals surface area contributed by atoms with Gasteiger partial charge in [0.05, 0.1) is 5.56 Å². The van der Waals surface area contributed by atoms with Gasteiger partial charge >= 0.3 is 0 Å². The highest BCUT2D eigenvalue weighted by Gasteiger charge is 2.14. The molecule has 3 nitrogen and oxygen atoms in total. The number of benzene rings is 2. The molecule has 0 bridgehead atoms. The van der Waals surface area contributed by atoms with E-state index < -0.39 is 17.5 Å². The summed E-state index contributed by atoms with van der Waals surface area (Å²) in [6.45, 7) is 0. The predicted molar refractivity (Wildman–Crippen MR) is 70.2 cm³/mol. The minimum absolute atomic E-state index is 0.131. The lowest BCUT2D eigenvalue weighted by Gasteiger charge is -2.08. The molecule has 0 atom stereocenters. The standard InChI is InChI=1S/C13H9ClF2N2O/c14-7-1-3-8(4-2-7)18-13(19)9-5-10(15)11(16)6-12(9)17/h1-6H,17H2,(H,18,19). The first kappa shape index (κ1) is 13.3. The number of nitrogens with two attached hydrogens (primary N) is 1. The van der Waals surface area contributed by atoms with E-state index in [9.17, 15) is 13.6 Å². The Morgan fingerprint density at radius 1 is 1.11 bits per heavy atom. The van der Waals surface area contributed by atoms with Crippen LogP contribution in [0.15, 0.2) is 36.4 Å². The minimum atomic E-state index is -1.13. The van der Waals surface area contributed by atoms with E-state index in [4.69, 9.17) is 17.3 Å². The summed E-state index contributed by atoms with van der Waals surface area (Å²) in [6.07, 6.45) is 0. The third kappa shape index (κ3) is 3.00. The van der Waals surface area contributed by atoms with E-state index in [-0.39, 0.29) is 11.3 Å². The van der Waals surface area contributed by atoms with Crippen LogP contribution in [0, 0.1) is 11.6 Å². The zero-order chi connectivity index (χ0) is 14.0. The number of rotatable bonds is 2. The zero-order valence-electron chi connectivity index (χ0n) is 9.58. The smallest absolute Gasteiger partial charge is 0.257 e. The van der Waals surface area contributed by atoms with Crippen molar-refractivity contribution in [3.63, 3.8) is 0 Å². The van der Waals surface area contributed by atoms with Crippen molar-refractivity contribution in [3.8, 4) is 0 Å². The van der Waals surface area contributed by atoms with Crippen molar-refractivity contribution in [1.29, 1.82) is 0 Å². The molecule has 0 aliphatic heterocycles. The molecule has 0 radical (unpaired) electrons. The van der Waals surface area contributed by atoms with Crippen LogP contribution < -0.4 is 11.1 Å². The summed E-state index contributed by atoms with van der Waals surface area (Å²) in [4.78, 5) is 11.9. The zero-order valence-corrected chi connectivity index (χ0v) is 10.3. The number of anilines is 2. The molecule has 0 saturated heterocycles. The van der Waals surface area contributed by atoms with Crippen molar-refractivity contribution >= 4 is 28.9 Å². The van der Waals surface area contributed by atoms with Gasteiger partial charge in [-0.05, 0) is 30.3 Å². The van der Waals surface area contributed by atoms with Crippen LogP contribution in [0.5, 0.6) is 0 Å². The third-order valence-corrected chi connectivity index (χ3v) is 2.69. The first-order chi connectivity index (χ1) is 8.97. The largest absolute Gasteiger partial charge is 0.398 e. The molecule has 19 heavy (non-hydrogen) atoms. The molecule has 0 aromatic heterocycles. The van der Waals surface area contributed by atoms with Crippen LogP contribution in [0.4, 0.5) is 20.2 Å². The fraction of sp³-hybridized carbons (Fsp3) is 0. The molecular weight excluding hydrogens is 274 g/mol. The van der Waals surface area contributed by atoms with E-state index >= 15 is 0 Å². The number of nitrogen functional groups attached to an aromatic ring is 1. The highest BCUT2D eigenvalue weighted by molar-refractivity contribution is 6.30. The van der Waals surface area contributed by atoms with Crippen LogP contribution in [0.1, 0.15) is 10.4 Å². The number of hydrogen-bond donors (Lipinski definition) is 2. The van der Waals surface area contributed by atoms with Crippen molar-refractivity contribution in [3.05, 3.63) is 58.6 Å². The fourth-order valence-corrected chi connectivity index (χ4v) is 1.62. The Morgan fingerprint density at radius 3 is 2.32 bits per heavy atom. The van der Waals surface area contributed by atoms with Crippen molar-refractivity contribution in [1.82, 2.24) is 0 Å². The Morgan fingerprint density at radius 2 is 1.68 bits per heavy atom. The minimum Gasteiger partial charge on any atom is -0.398 e. The maximum Gasteiger partial charge on any atom is 0.257 e. The van der Waals surface area contributed by atoms with E-state index in [2.05, 4.69) is 5.32 Å². The lowest BCUT2D eigenvalue weighted by molar-refractivity contribution is 0.102. The Kier molecular flexibility index (Phi) is 3.66. The highest BCUT2D eigenvalue weighted by atomic mass is 35.5. The highest BCUT2D eigenvalue weighted by Crippen LogP contribution is 2.19. The first-order valence-corrected chi connectivity index (χ1v) is 5.66. The molecule has 98 valence electrons. The second-order valence-corrected chi connectivity index (χ2v) is 4.25. The van der Waals surface area contributed by atoms with Gasteiger partial charge in [-0.2, -0.15) is 0 Å². The molecular formula is C13H9ClF2N2O. The van der Waals surface area contributed by atoms with E-state index in [1.54, 1.807) is 24.3 Å². The average Bonchev–Trinajstić information content (AvgIpc) is 2.36. The number of carbonyl (C=O) groups excluding carboxylic acids is 1. The summed E-state index contributed by atoms with van der Waals surface area (Å²) < 4.78 is 26.0. The Balaban J connectivity index is 2.25. The van der Waals surface area contributed by atoms with Gasteiger partial charge in [-0.3, -0.25) is 4.79 Å². The van der Waals surface area contributed by atoms with Gasteiger partial charge in [-0.1, -0.05) is 11.6 Å². The van der Waals surface area contributed by atoms with Gasteiger partial charge in [0, 0.05) is 22.5 Å². The summed E-state index contributed by atoms with van der Waals surface area (Å²) in [7, 11) is 0. The van der Waals surface area contributed by atoms with Gasteiger partial charge in [0.2, 0.25) is 0 Å². The van der Waals surface area contributed by atoms with Crippen LogP contribution in [-0.2, 0) is 0 Å². The second-order valence-electron chi connectivity index (χ2n) is 3.81. The van der Waals surface area contributed by atoms with Gasteiger partial charge in [0.15, 0.2) is 11.6 Å². The predicted octanol–water partition coefficient (Wildman–Crippen LogP) is 3.45. The van der Waals surface area contributed by atoms with E-state index in [1.165, 1.54) is 0 Å². The average molecular weight is 283 g/mol. The first-order valence-electron chi connectivity index (χ1n) is 5.29. The number of hydrogen-bond acceptors (Lipinski definition) is 2. The summed E-state index contributed by atoms with van der Waals surface area (Å²) in [5.74, 6) is -2.85. The SMILES string of the molecule is Nc1cc(F)c(F)cc1C(=O)Nc1ccc(Cl)cc1. The Labute approximate surface area is 113 Å². The van der Waals surface area contributed by atoms with Crippen LogP contribution >= 0.6 is 11.6 Å². The quantitative estimate of drug-likeness (QED) is 0.829. The molecule has 3 N–H and O–H groups in total. The number of carbonyl (C=O) groups is 1. The Hall–Kier alpha value is -2.14. The van der Waals surface area contributed by atoms with Crippen molar-refractivity contribution < 1.29 is 13.6 Å². The number of amides is 1. The van der Waals surface area contributed by atoms with Crippen molar-refractivity contribution in [2.24, 2.45) is 0 Å². The molecule has 6 heteroatoms. The van der Waals surface area contributed by atoms with Crippen LogP contribution in [-0.4, -0.2) is 5.91 Å². The molecule has 0 fully saturated rings. The molecule has 2 rings (SSSR count). The van der Waals surface area contributed by atoms with Gasteiger partial charge in [-0.25, -0.2) is 8.78 Å². The summed E-state index contributed by atoms with van der Waals surface area (Å²) in [5, 5.41) is 3.03. The monoisotopic (exact) mass is 282 g/mol. The number of halogens is 3. The Bertz CT molecular complexity index is 629. The van der Waals surface area contributed by atoms with Gasteiger partial charge < -0.3 is 11.1 Å². The van der Waals surface area contributed by atoms with Crippen molar-refractivity contribution in [2.75, 3.05) is 11.1 Å². The number of nitrogens with one attached hydrogen (secondary N) is 1. The molecule has 0 unspecified atom stereocenters.